The molecular formula is C24H24N4O6S. The molecular weight excluding hydrogens is 472 g/mol. The molecule has 35 heavy (non-hydrogen) atoms. The minimum absolute atomic E-state index is 0.0501. The van der Waals surface area contributed by atoms with Crippen LogP contribution in [0, 0.1) is 0 Å². The third-order valence-corrected chi connectivity index (χ3v) is 7.53. The summed E-state index contributed by atoms with van der Waals surface area (Å²) in [5, 5.41) is 1.02. The molecule has 1 fully saturated rings. The lowest BCUT2D eigenvalue weighted by Crippen LogP contribution is -2.63. The van der Waals surface area contributed by atoms with E-state index in [4.69, 9.17) is 9.47 Å². The van der Waals surface area contributed by atoms with Gasteiger partial charge in [0.25, 0.3) is 0 Å². The maximum atomic E-state index is 13.6. The maximum absolute atomic E-state index is 13.6. The zero-order valence-electron chi connectivity index (χ0n) is 19.0. The van der Waals surface area contributed by atoms with E-state index >= 15 is 0 Å². The number of sulfonamides is 1. The van der Waals surface area contributed by atoms with Gasteiger partial charge in [0.1, 0.15) is 6.04 Å². The molecule has 182 valence electrons. The number of ether oxygens (including phenoxy) is 2. The SMILES string of the molecule is CS(=O)(=O)NCCN1CC(=O)N2[C@H](c3ccc4c(c3)OCO4)c3[nH]c4ccccc4c3C[C@@H]2C1=O. The quantitative estimate of drug-likeness (QED) is 0.546. The number of para-hydroxylation sites is 1. The van der Waals surface area contributed by atoms with Crippen LogP contribution in [-0.4, -0.2) is 73.7 Å². The Morgan fingerprint density at radius 3 is 2.74 bits per heavy atom. The first-order chi connectivity index (χ1) is 16.8. The molecule has 2 atom stereocenters. The fourth-order valence-electron chi connectivity index (χ4n) is 5.31. The van der Waals surface area contributed by atoms with Gasteiger partial charge >= 0.3 is 0 Å². The van der Waals surface area contributed by atoms with E-state index in [9.17, 15) is 18.0 Å². The third kappa shape index (κ3) is 3.71. The molecule has 2 amide bonds. The first-order valence-corrected chi connectivity index (χ1v) is 13.2. The Bertz CT molecular complexity index is 1470. The van der Waals surface area contributed by atoms with Crippen molar-refractivity contribution in [3.05, 3.63) is 59.3 Å². The summed E-state index contributed by atoms with van der Waals surface area (Å²) in [6.07, 6.45) is 1.44. The smallest absolute Gasteiger partial charge is 0.246 e. The normalized spacial score (nSPS) is 21.4. The predicted molar refractivity (Wildman–Crippen MR) is 126 cm³/mol. The number of carbonyl (C=O) groups excluding carboxylic acids is 2. The van der Waals surface area contributed by atoms with Crippen LogP contribution in [0.15, 0.2) is 42.5 Å². The van der Waals surface area contributed by atoms with Crippen molar-refractivity contribution < 1.29 is 27.5 Å². The van der Waals surface area contributed by atoms with Gasteiger partial charge in [0.15, 0.2) is 11.5 Å². The number of hydrogen-bond acceptors (Lipinski definition) is 6. The molecule has 1 aromatic heterocycles. The number of rotatable bonds is 5. The fraction of sp³-hybridized carbons (Fsp3) is 0.333. The number of fused-ring (bicyclic) bond motifs is 5. The van der Waals surface area contributed by atoms with Gasteiger partial charge in [-0.05, 0) is 29.3 Å². The average Bonchev–Trinajstić information content (AvgIpc) is 3.44. The molecule has 10 nitrogen and oxygen atoms in total. The van der Waals surface area contributed by atoms with Crippen LogP contribution in [0.2, 0.25) is 0 Å². The second kappa shape index (κ2) is 7.99. The molecule has 1 saturated heterocycles. The summed E-state index contributed by atoms with van der Waals surface area (Å²) >= 11 is 0. The molecule has 3 aliphatic rings. The number of carbonyl (C=O) groups is 2. The molecule has 4 heterocycles. The van der Waals surface area contributed by atoms with Gasteiger partial charge in [-0.1, -0.05) is 24.3 Å². The van der Waals surface area contributed by atoms with Gasteiger partial charge in [-0.25, -0.2) is 13.1 Å². The van der Waals surface area contributed by atoms with Crippen molar-refractivity contribution in [1.29, 1.82) is 0 Å². The molecule has 2 aromatic carbocycles. The minimum Gasteiger partial charge on any atom is -0.454 e. The number of benzene rings is 2. The van der Waals surface area contributed by atoms with E-state index in [1.54, 1.807) is 4.90 Å². The molecule has 3 aromatic rings. The number of amides is 2. The fourth-order valence-corrected chi connectivity index (χ4v) is 5.77. The second-order valence-electron chi connectivity index (χ2n) is 9.03. The van der Waals surface area contributed by atoms with Gasteiger partial charge in [0, 0.05) is 36.1 Å². The molecule has 0 unspecified atom stereocenters. The maximum Gasteiger partial charge on any atom is 0.246 e. The summed E-state index contributed by atoms with van der Waals surface area (Å²) in [6, 6.07) is 12.3. The molecule has 11 heteroatoms. The number of nitrogens with one attached hydrogen (secondary N) is 2. The van der Waals surface area contributed by atoms with E-state index < -0.39 is 22.1 Å². The van der Waals surface area contributed by atoms with Gasteiger partial charge in [0.05, 0.1) is 18.8 Å². The zero-order chi connectivity index (χ0) is 24.3. The van der Waals surface area contributed by atoms with Crippen molar-refractivity contribution in [2.75, 3.05) is 32.7 Å². The zero-order valence-corrected chi connectivity index (χ0v) is 19.8. The van der Waals surface area contributed by atoms with Gasteiger partial charge < -0.3 is 24.3 Å². The molecule has 3 aliphatic heterocycles. The van der Waals surface area contributed by atoms with Crippen molar-refractivity contribution >= 4 is 32.7 Å². The van der Waals surface area contributed by atoms with E-state index in [1.165, 1.54) is 4.90 Å². The van der Waals surface area contributed by atoms with Crippen LogP contribution in [-0.2, 0) is 26.0 Å². The van der Waals surface area contributed by atoms with Crippen LogP contribution in [0.25, 0.3) is 10.9 Å². The molecule has 6 rings (SSSR count). The van der Waals surface area contributed by atoms with E-state index in [0.29, 0.717) is 17.9 Å². The molecule has 0 saturated carbocycles. The van der Waals surface area contributed by atoms with Crippen LogP contribution in [0.3, 0.4) is 0 Å². The number of piperazine rings is 1. The van der Waals surface area contributed by atoms with Gasteiger partial charge in [-0.15, -0.1) is 0 Å². The lowest BCUT2D eigenvalue weighted by Gasteiger charge is -2.47. The van der Waals surface area contributed by atoms with Gasteiger partial charge in [-0.2, -0.15) is 0 Å². The highest BCUT2D eigenvalue weighted by atomic mass is 32.2. The van der Waals surface area contributed by atoms with Crippen LogP contribution in [0.4, 0.5) is 0 Å². The molecule has 0 aliphatic carbocycles. The predicted octanol–water partition coefficient (Wildman–Crippen LogP) is 1.13. The van der Waals surface area contributed by atoms with Crippen molar-refractivity contribution in [1.82, 2.24) is 19.5 Å². The lowest BCUT2D eigenvalue weighted by molar-refractivity contribution is -0.158. The van der Waals surface area contributed by atoms with Crippen LogP contribution in [0.5, 0.6) is 11.5 Å². The number of aromatic amines is 1. The van der Waals surface area contributed by atoms with E-state index in [2.05, 4.69) is 9.71 Å². The summed E-state index contributed by atoms with van der Waals surface area (Å²) in [5.74, 6) is 0.859. The number of H-pyrrole nitrogens is 1. The van der Waals surface area contributed by atoms with E-state index in [1.807, 2.05) is 42.5 Å². The topological polar surface area (TPSA) is 121 Å². The molecule has 0 radical (unpaired) electrons. The monoisotopic (exact) mass is 496 g/mol. The largest absolute Gasteiger partial charge is 0.454 e. The molecule has 2 N–H and O–H groups in total. The summed E-state index contributed by atoms with van der Waals surface area (Å²) in [6.45, 7) is 0.199. The number of nitrogens with zero attached hydrogens (tertiary/aromatic N) is 2. The van der Waals surface area contributed by atoms with Crippen LogP contribution in [0.1, 0.15) is 22.9 Å². The second-order valence-corrected chi connectivity index (χ2v) is 10.9. The standard InChI is InChI=1S/C24H24N4O6S/c1-35(31,32)25-8-9-27-12-21(29)28-18(24(27)30)11-16-15-4-2-3-5-17(15)26-22(16)23(28)14-6-7-19-20(10-14)34-13-33-19/h2-7,10,18,23,25-26H,8-9,11-13H2,1H3/t18-,23-/m1/s1. The minimum atomic E-state index is -3.40. The van der Waals surface area contributed by atoms with Crippen LogP contribution < -0.4 is 14.2 Å². The Balaban J connectivity index is 1.42. The lowest BCUT2D eigenvalue weighted by atomic mass is 9.86. The van der Waals surface area contributed by atoms with Crippen molar-refractivity contribution in [2.45, 2.75) is 18.5 Å². The summed E-state index contributed by atoms with van der Waals surface area (Å²) in [4.78, 5) is 33.7. The Kier molecular flexibility index (Phi) is 5.01. The van der Waals surface area contributed by atoms with Crippen molar-refractivity contribution in [2.24, 2.45) is 0 Å². The molecule has 0 bridgehead atoms. The number of hydrogen-bond donors (Lipinski definition) is 2. The first-order valence-electron chi connectivity index (χ1n) is 11.3. The van der Waals surface area contributed by atoms with Crippen LogP contribution >= 0.6 is 0 Å². The van der Waals surface area contributed by atoms with E-state index in [0.717, 1.165) is 34.0 Å². The average molecular weight is 497 g/mol. The molecule has 0 spiro atoms. The third-order valence-electron chi connectivity index (χ3n) is 6.80. The van der Waals surface area contributed by atoms with Gasteiger partial charge in [0.2, 0.25) is 28.6 Å². The van der Waals surface area contributed by atoms with Gasteiger partial charge in [-0.3, -0.25) is 9.59 Å². The van der Waals surface area contributed by atoms with Crippen molar-refractivity contribution in [3.63, 3.8) is 0 Å². The first kappa shape index (κ1) is 21.9. The Morgan fingerprint density at radius 2 is 1.91 bits per heavy atom. The Labute approximate surface area is 201 Å². The summed E-state index contributed by atoms with van der Waals surface area (Å²) in [5.41, 5.74) is 3.65. The number of aromatic nitrogens is 1. The highest BCUT2D eigenvalue weighted by molar-refractivity contribution is 7.88. The summed E-state index contributed by atoms with van der Waals surface area (Å²) in [7, 11) is -3.40. The van der Waals surface area contributed by atoms with Crippen molar-refractivity contribution in [3.8, 4) is 11.5 Å². The Morgan fingerprint density at radius 1 is 1.11 bits per heavy atom. The highest BCUT2D eigenvalue weighted by Gasteiger charge is 2.48. The highest BCUT2D eigenvalue weighted by Crippen LogP contribution is 2.44. The van der Waals surface area contributed by atoms with E-state index in [-0.39, 0.29) is 38.2 Å². The summed E-state index contributed by atoms with van der Waals surface area (Å²) < 4.78 is 36.3. The Hall–Kier alpha value is -3.57.